The summed E-state index contributed by atoms with van der Waals surface area (Å²) in [6, 6.07) is 16.2. The van der Waals surface area contributed by atoms with E-state index in [0.29, 0.717) is 25.7 Å². The molecule has 0 unspecified atom stereocenters. The molecule has 1 aromatic heterocycles. The lowest BCUT2D eigenvalue weighted by molar-refractivity contribution is 0.0322. The molecule has 7 nitrogen and oxygen atoms in total. The summed E-state index contributed by atoms with van der Waals surface area (Å²) in [4.78, 5) is 6.72. The number of morpholine rings is 1. The summed E-state index contributed by atoms with van der Waals surface area (Å²) in [5, 5.41) is 7.88. The molecule has 4 rings (SSSR count). The van der Waals surface area contributed by atoms with Gasteiger partial charge in [0.1, 0.15) is 23.7 Å². The first-order valence-corrected chi connectivity index (χ1v) is 11.2. The highest BCUT2D eigenvalue weighted by atomic mass is 127. The molecule has 0 atom stereocenters. The fourth-order valence-electron chi connectivity index (χ4n) is 3.86. The van der Waals surface area contributed by atoms with Crippen molar-refractivity contribution in [3.05, 3.63) is 65.4 Å². The molecule has 0 saturated carbocycles. The molecule has 178 valence electrons. The van der Waals surface area contributed by atoms with Crippen LogP contribution in [-0.4, -0.2) is 57.4 Å². The number of aryl methyl sites for hydroxylation is 1. The van der Waals surface area contributed by atoms with E-state index in [9.17, 15) is 0 Å². The second-order valence-corrected chi connectivity index (χ2v) is 7.84. The van der Waals surface area contributed by atoms with Gasteiger partial charge in [0.2, 0.25) is 0 Å². The molecule has 0 aliphatic carbocycles. The van der Waals surface area contributed by atoms with Crippen LogP contribution in [0, 0.1) is 6.92 Å². The van der Waals surface area contributed by atoms with E-state index in [1.165, 1.54) is 0 Å². The molecule has 3 aromatic rings. The zero-order valence-corrected chi connectivity index (χ0v) is 21.6. The van der Waals surface area contributed by atoms with Gasteiger partial charge in [-0.1, -0.05) is 36.4 Å². The quantitative estimate of drug-likeness (QED) is 0.246. The summed E-state index contributed by atoms with van der Waals surface area (Å²) in [6.07, 6.45) is 0. The molecule has 2 N–H and O–H groups in total. The number of rotatable bonds is 8. The number of ether oxygens (including phenoxy) is 2. The number of halogens is 1. The number of hydrogen-bond donors (Lipinski definition) is 2. The molecule has 1 fully saturated rings. The van der Waals surface area contributed by atoms with Gasteiger partial charge in [-0.05, 0) is 19.1 Å². The number of para-hydroxylation sites is 2. The van der Waals surface area contributed by atoms with Crippen molar-refractivity contribution in [2.24, 2.45) is 4.99 Å². The molecule has 0 bridgehead atoms. The van der Waals surface area contributed by atoms with Gasteiger partial charge in [-0.2, -0.15) is 0 Å². The molecular formula is C25H33IN4O3. The summed E-state index contributed by atoms with van der Waals surface area (Å²) in [5.74, 6) is 2.53. The topological polar surface area (TPSA) is 71.3 Å². The van der Waals surface area contributed by atoms with Gasteiger partial charge in [0.05, 0.1) is 19.8 Å². The van der Waals surface area contributed by atoms with Gasteiger partial charge < -0.3 is 24.5 Å². The number of nitrogens with zero attached hydrogens (tertiary/aromatic N) is 2. The third-order valence-corrected chi connectivity index (χ3v) is 5.77. The van der Waals surface area contributed by atoms with Crippen LogP contribution >= 0.6 is 24.0 Å². The van der Waals surface area contributed by atoms with Gasteiger partial charge in [-0.25, -0.2) is 0 Å². The standard InChI is InChI=1S/C25H32N4O3.HI/c1-19-21-8-4-6-10-23(21)32-24(19)18-28-25(26-2)27-17-20-7-3-5-9-22(20)31-16-13-29-11-14-30-15-12-29;/h3-10H,11-18H2,1-2H3,(H2,26,27,28);1H. The predicted octanol–water partition coefficient (Wildman–Crippen LogP) is 3.94. The number of hydrogen-bond acceptors (Lipinski definition) is 5. The van der Waals surface area contributed by atoms with E-state index in [1.54, 1.807) is 7.05 Å². The SMILES string of the molecule is CN=C(NCc1ccccc1OCCN1CCOCC1)NCc1oc2ccccc2c1C.I. The monoisotopic (exact) mass is 564 g/mol. The molecule has 1 aliphatic rings. The Kier molecular flexibility index (Phi) is 9.83. The van der Waals surface area contributed by atoms with Crippen LogP contribution in [-0.2, 0) is 17.8 Å². The molecule has 0 spiro atoms. The van der Waals surface area contributed by atoms with E-state index in [-0.39, 0.29) is 24.0 Å². The Labute approximate surface area is 212 Å². The maximum Gasteiger partial charge on any atom is 0.191 e. The number of benzene rings is 2. The summed E-state index contributed by atoms with van der Waals surface area (Å²) < 4.78 is 17.5. The van der Waals surface area contributed by atoms with Crippen LogP contribution < -0.4 is 15.4 Å². The van der Waals surface area contributed by atoms with Gasteiger partial charge in [-0.15, -0.1) is 24.0 Å². The third kappa shape index (κ3) is 6.84. The second kappa shape index (κ2) is 12.8. The number of furan rings is 1. The largest absolute Gasteiger partial charge is 0.492 e. The molecule has 1 saturated heterocycles. The molecule has 0 amide bonds. The Morgan fingerprint density at radius 2 is 1.76 bits per heavy atom. The first-order chi connectivity index (χ1) is 15.7. The Hall–Kier alpha value is -2.30. The molecule has 0 radical (unpaired) electrons. The fourth-order valence-corrected chi connectivity index (χ4v) is 3.86. The Morgan fingerprint density at radius 1 is 1.03 bits per heavy atom. The number of fused-ring (bicyclic) bond motifs is 1. The Balaban J connectivity index is 0.00000306. The van der Waals surface area contributed by atoms with Gasteiger partial charge in [0.15, 0.2) is 5.96 Å². The van der Waals surface area contributed by atoms with Crippen molar-refractivity contribution >= 4 is 40.9 Å². The van der Waals surface area contributed by atoms with Gasteiger partial charge in [0, 0.05) is 49.7 Å². The highest BCUT2D eigenvalue weighted by Gasteiger charge is 2.12. The normalized spacial score (nSPS) is 14.7. The van der Waals surface area contributed by atoms with Gasteiger partial charge >= 0.3 is 0 Å². The van der Waals surface area contributed by atoms with Crippen molar-refractivity contribution in [2.45, 2.75) is 20.0 Å². The van der Waals surface area contributed by atoms with Crippen molar-refractivity contribution < 1.29 is 13.9 Å². The highest BCUT2D eigenvalue weighted by molar-refractivity contribution is 14.0. The van der Waals surface area contributed by atoms with E-state index in [0.717, 1.165) is 66.5 Å². The van der Waals surface area contributed by atoms with E-state index < -0.39 is 0 Å². The van der Waals surface area contributed by atoms with Gasteiger partial charge in [0.25, 0.3) is 0 Å². The minimum atomic E-state index is 0. The van der Waals surface area contributed by atoms with Crippen molar-refractivity contribution in [3.8, 4) is 5.75 Å². The maximum atomic E-state index is 6.09. The Morgan fingerprint density at radius 3 is 2.55 bits per heavy atom. The van der Waals surface area contributed by atoms with Crippen molar-refractivity contribution in [2.75, 3.05) is 46.5 Å². The molecular weight excluding hydrogens is 531 g/mol. The van der Waals surface area contributed by atoms with Crippen LogP contribution in [0.1, 0.15) is 16.9 Å². The zero-order valence-electron chi connectivity index (χ0n) is 19.3. The van der Waals surface area contributed by atoms with E-state index >= 15 is 0 Å². The van der Waals surface area contributed by atoms with E-state index in [1.807, 2.05) is 36.4 Å². The van der Waals surface area contributed by atoms with Crippen LogP contribution in [0.4, 0.5) is 0 Å². The predicted molar refractivity (Wildman–Crippen MR) is 143 cm³/mol. The van der Waals surface area contributed by atoms with Crippen LogP contribution in [0.5, 0.6) is 5.75 Å². The zero-order chi connectivity index (χ0) is 22.2. The summed E-state index contributed by atoms with van der Waals surface area (Å²) in [5.41, 5.74) is 3.16. The van der Waals surface area contributed by atoms with Crippen molar-refractivity contribution in [1.29, 1.82) is 0 Å². The number of aliphatic imine (C=N–C) groups is 1. The molecule has 2 aromatic carbocycles. The number of nitrogens with one attached hydrogen (secondary N) is 2. The molecule has 1 aliphatic heterocycles. The summed E-state index contributed by atoms with van der Waals surface area (Å²) >= 11 is 0. The number of guanidine groups is 1. The lowest BCUT2D eigenvalue weighted by atomic mass is 10.1. The van der Waals surface area contributed by atoms with Gasteiger partial charge in [-0.3, -0.25) is 9.89 Å². The maximum absolute atomic E-state index is 6.09. The second-order valence-electron chi connectivity index (χ2n) is 7.84. The van der Waals surface area contributed by atoms with E-state index in [2.05, 4.69) is 39.6 Å². The molecule has 33 heavy (non-hydrogen) atoms. The first-order valence-electron chi connectivity index (χ1n) is 11.2. The fraction of sp³-hybridized carbons (Fsp3) is 0.400. The smallest absolute Gasteiger partial charge is 0.191 e. The summed E-state index contributed by atoms with van der Waals surface area (Å²) in [7, 11) is 1.77. The minimum Gasteiger partial charge on any atom is -0.492 e. The Bertz CT molecular complexity index is 1050. The van der Waals surface area contributed by atoms with Crippen molar-refractivity contribution in [3.63, 3.8) is 0 Å². The van der Waals surface area contributed by atoms with E-state index in [4.69, 9.17) is 13.9 Å². The van der Waals surface area contributed by atoms with Crippen LogP contribution in [0.15, 0.2) is 57.9 Å². The molecule has 8 heteroatoms. The average Bonchev–Trinajstić information content (AvgIpc) is 3.16. The van der Waals surface area contributed by atoms with Crippen LogP contribution in [0.2, 0.25) is 0 Å². The van der Waals surface area contributed by atoms with Crippen LogP contribution in [0.3, 0.4) is 0 Å². The van der Waals surface area contributed by atoms with Crippen molar-refractivity contribution in [1.82, 2.24) is 15.5 Å². The highest BCUT2D eigenvalue weighted by Crippen LogP contribution is 2.24. The lowest BCUT2D eigenvalue weighted by Crippen LogP contribution is -2.38. The first kappa shape index (κ1) is 25.3. The lowest BCUT2D eigenvalue weighted by Gasteiger charge is -2.26. The minimum absolute atomic E-state index is 0. The average molecular weight is 564 g/mol. The third-order valence-electron chi connectivity index (χ3n) is 5.77. The molecule has 2 heterocycles. The summed E-state index contributed by atoms with van der Waals surface area (Å²) in [6.45, 7) is 8.40. The van der Waals surface area contributed by atoms with Crippen LogP contribution in [0.25, 0.3) is 11.0 Å².